The van der Waals surface area contributed by atoms with Gasteiger partial charge in [0.15, 0.2) is 0 Å². The molecule has 0 saturated carbocycles. The van der Waals surface area contributed by atoms with Crippen molar-refractivity contribution in [1.29, 1.82) is 0 Å². The van der Waals surface area contributed by atoms with Crippen LogP contribution in [0.1, 0.15) is 22.0 Å². The topological polar surface area (TPSA) is 82.7 Å². The maximum Gasteiger partial charge on any atom is 0.254 e. The maximum absolute atomic E-state index is 12.9. The summed E-state index contributed by atoms with van der Waals surface area (Å²) in [5, 5.41) is 3.61. The van der Waals surface area contributed by atoms with Gasteiger partial charge in [-0.2, -0.15) is 0 Å². The number of nitrogens with zero attached hydrogens (tertiary/aromatic N) is 1. The third-order valence-corrected chi connectivity index (χ3v) is 5.48. The Bertz CT molecular complexity index is 884. The van der Waals surface area contributed by atoms with Gasteiger partial charge in [0.2, 0.25) is 5.91 Å². The zero-order valence-corrected chi connectivity index (χ0v) is 16.6. The zero-order valence-electron chi connectivity index (χ0n) is 15.9. The van der Waals surface area contributed by atoms with Crippen LogP contribution < -0.4 is 16.2 Å². The Morgan fingerprint density at radius 3 is 2.62 bits per heavy atom. The Labute approximate surface area is 174 Å². The van der Waals surface area contributed by atoms with Crippen LogP contribution in [0.2, 0.25) is 5.02 Å². The number of nitrogens with one attached hydrogen (secondary N) is 3. The molecule has 8 heteroatoms. The number of anilines is 1. The SMILES string of the molecule is O=C(Nc1cccc(C(=O)N2CCOCC2)c1)C1CNNC1c1ccc(Cl)cc1. The van der Waals surface area contributed by atoms with Crippen molar-refractivity contribution in [3.05, 3.63) is 64.7 Å². The number of carbonyl (C=O) groups excluding carboxylic acids is 2. The van der Waals surface area contributed by atoms with Gasteiger partial charge in [0, 0.05) is 35.9 Å². The van der Waals surface area contributed by atoms with E-state index in [9.17, 15) is 9.59 Å². The Morgan fingerprint density at radius 2 is 1.86 bits per heavy atom. The predicted octanol–water partition coefficient (Wildman–Crippen LogP) is 2.22. The van der Waals surface area contributed by atoms with Crippen LogP contribution in [0.5, 0.6) is 0 Å². The molecule has 2 aliphatic rings. The summed E-state index contributed by atoms with van der Waals surface area (Å²) < 4.78 is 5.30. The summed E-state index contributed by atoms with van der Waals surface area (Å²) in [6.07, 6.45) is 0. The van der Waals surface area contributed by atoms with Crippen molar-refractivity contribution in [1.82, 2.24) is 15.8 Å². The number of hydrazine groups is 1. The second-order valence-corrected chi connectivity index (χ2v) is 7.57. The van der Waals surface area contributed by atoms with Gasteiger partial charge in [-0.1, -0.05) is 29.8 Å². The van der Waals surface area contributed by atoms with Crippen LogP contribution in [0.25, 0.3) is 0 Å². The largest absolute Gasteiger partial charge is 0.378 e. The molecule has 0 aromatic heterocycles. The van der Waals surface area contributed by atoms with Crippen LogP contribution in [0, 0.1) is 5.92 Å². The lowest BCUT2D eigenvalue weighted by molar-refractivity contribution is -0.119. The molecule has 2 aromatic carbocycles. The van der Waals surface area contributed by atoms with Crippen molar-refractivity contribution in [3.63, 3.8) is 0 Å². The average Bonchev–Trinajstić information content (AvgIpc) is 3.25. The first-order valence-electron chi connectivity index (χ1n) is 9.63. The van der Waals surface area contributed by atoms with Gasteiger partial charge in [0.25, 0.3) is 5.91 Å². The number of ether oxygens (including phenoxy) is 1. The first-order chi connectivity index (χ1) is 14.1. The third kappa shape index (κ3) is 4.59. The predicted molar refractivity (Wildman–Crippen MR) is 111 cm³/mol. The van der Waals surface area contributed by atoms with E-state index in [0.717, 1.165) is 5.56 Å². The molecule has 2 saturated heterocycles. The minimum Gasteiger partial charge on any atom is -0.378 e. The molecule has 152 valence electrons. The fraction of sp³-hybridized carbons (Fsp3) is 0.333. The number of halogens is 1. The molecule has 29 heavy (non-hydrogen) atoms. The summed E-state index contributed by atoms with van der Waals surface area (Å²) in [6, 6.07) is 14.4. The van der Waals surface area contributed by atoms with Gasteiger partial charge in [-0.3, -0.25) is 15.0 Å². The van der Waals surface area contributed by atoms with Crippen LogP contribution in [-0.2, 0) is 9.53 Å². The Balaban J connectivity index is 1.45. The molecule has 7 nitrogen and oxygen atoms in total. The number of rotatable bonds is 4. The van der Waals surface area contributed by atoms with Crippen LogP contribution in [0.4, 0.5) is 5.69 Å². The summed E-state index contributed by atoms with van der Waals surface area (Å²) in [5.74, 6) is -0.458. The quantitative estimate of drug-likeness (QED) is 0.714. The second kappa shape index (κ2) is 8.92. The molecule has 3 N–H and O–H groups in total. The minimum absolute atomic E-state index is 0.0485. The molecular weight excluding hydrogens is 392 g/mol. The molecule has 4 rings (SSSR count). The summed E-state index contributed by atoms with van der Waals surface area (Å²) in [6.45, 7) is 2.77. The van der Waals surface area contributed by atoms with E-state index in [1.165, 1.54) is 0 Å². The lowest BCUT2D eigenvalue weighted by Crippen LogP contribution is -2.40. The Morgan fingerprint density at radius 1 is 1.10 bits per heavy atom. The Kier molecular flexibility index (Phi) is 6.10. The van der Waals surface area contributed by atoms with Crippen LogP contribution >= 0.6 is 11.6 Å². The molecule has 0 aliphatic carbocycles. The van der Waals surface area contributed by atoms with Crippen molar-refractivity contribution < 1.29 is 14.3 Å². The van der Waals surface area contributed by atoms with E-state index in [2.05, 4.69) is 16.2 Å². The van der Waals surface area contributed by atoms with E-state index < -0.39 is 0 Å². The molecule has 2 heterocycles. The molecule has 2 aliphatic heterocycles. The van der Waals surface area contributed by atoms with E-state index in [4.69, 9.17) is 16.3 Å². The van der Waals surface area contributed by atoms with Gasteiger partial charge >= 0.3 is 0 Å². The highest BCUT2D eigenvalue weighted by molar-refractivity contribution is 6.30. The number of hydrogen-bond acceptors (Lipinski definition) is 5. The second-order valence-electron chi connectivity index (χ2n) is 7.14. The highest BCUT2D eigenvalue weighted by atomic mass is 35.5. The summed E-state index contributed by atoms with van der Waals surface area (Å²) >= 11 is 5.97. The highest BCUT2D eigenvalue weighted by Gasteiger charge is 2.34. The molecule has 0 radical (unpaired) electrons. The smallest absolute Gasteiger partial charge is 0.254 e. The van der Waals surface area contributed by atoms with Crippen molar-refractivity contribution in [2.45, 2.75) is 6.04 Å². The van der Waals surface area contributed by atoms with Gasteiger partial charge in [0.05, 0.1) is 25.2 Å². The molecule has 2 aromatic rings. The lowest BCUT2D eigenvalue weighted by Gasteiger charge is -2.27. The van der Waals surface area contributed by atoms with Crippen molar-refractivity contribution in [3.8, 4) is 0 Å². The first kappa shape index (κ1) is 19.8. The Hall–Kier alpha value is -2.45. The molecule has 2 amide bonds. The number of amides is 2. The van der Waals surface area contributed by atoms with Crippen LogP contribution in [0.3, 0.4) is 0 Å². The van der Waals surface area contributed by atoms with Gasteiger partial charge in [-0.25, -0.2) is 5.43 Å². The fourth-order valence-corrected chi connectivity index (χ4v) is 3.77. The minimum atomic E-state index is -0.297. The van der Waals surface area contributed by atoms with E-state index >= 15 is 0 Å². The fourth-order valence-electron chi connectivity index (χ4n) is 3.64. The van der Waals surface area contributed by atoms with Gasteiger partial charge < -0.3 is 15.0 Å². The zero-order chi connectivity index (χ0) is 20.2. The van der Waals surface area contributed by atoms with Crippen molar-refractivity contribution in [2.24, 2.45) is 5.92 Å². The summed E-state index contributed by atoms with van der Waals surface area (Å²) in [5.41, 5.74) is 8.36. The molecule has 0 bridgehead atoms. The molecule has 2 fully saturated rings. The van der Waals surface area contributed by atoms with Crippen LogP contribution in [-0.4, -0.2) is 49.6 Å². The van der Waals surface area contributed by atoms with Crippen molar-refractivity contribution in [2.75, 3.05) is 38.2 Å². The van der Waals surface area contributed by atoms with Gasteiger partial charge in [-0.05, 0) is 35.9 Å². The monoisotopic (exact) mass is 414 g/mol. The van der Waals surface area contributed by atoms with E-state index in [1.807, 2.05) is 24.3 Å². The van der Waals surface area contributed by atoms with Gasteiger partial charge in [0.1, 0.15) is 0 Å². The summed E-state index contributed by atoms with van der Waals surface area (Å²) in [7, 11) is 0. The van der Waals surface area contributed by atoms with E-state index in [0.29, 0.717) is 49.1 Å². The number of carbonyl (C=O) groups is 2. The van der Waals surface area contributed by atoms with Crippen LogP contribution in [0.15, 0.2) is 48.5 Å². The highest BCUT2D eigenvalue weighted by Crippen LogP contribution is 2.27. The standard InChI is InChI=1S/C21H23ClN4O3/c22-16-6-4-14(5-7-16)19-18(13-23-25-19)20(27)24-17-3-1-2-15(12-17)21(28)26-8-10-29-11-9-26/h1-7,12,18-19,23,25H,8-11,13H2,(H,24,27). The number of benzene rings is 2. The van der Waals surface area contributed by atoms with Gasteiger partial charge in [-0.15, -0.1) is 0 Å². The van der Waals surface area contributed by atoms with Crippen molar-refractivity contribution >= 4 is 29.1 Å². The molecule has 0 spiro atoms. The first-order valence-corrected chi connectivity index (χ1v) is 10.0. The lowest BCUT2D eigenvalue weighted by atomic mass is 9.94. The van der Waals surface area contributed by atoms with E-state index in [1.54, 1.807) is 29.2 Å². The molecule has 2 unspecified atom stereocenters. The number of morpholine rings is 1. The number of hydrogen-bond donors (Lipinski definition) is 3. The average molecular weight is 415 g/mol. The van der Waals surface area contributed by atoms with E-state index in [-0.39, 0.29) is 23.8 Å². The maximum atomic E-state index is 12.9. The third-order valence-electron chi connectivity index (χ3n) is 5.22. The molecule has 2 atom stereocenters. The normalized spacial score (nSPS) is 21.8. The summed E-state index contributed by atoms with van der Waals surface area (Å²) in [4.78, 5) is 27.4. The molecular formula is C21H23ClN4O3.